The Morgan fingerprint density at radius 3 is 2.82 bits per heavy atom. The maximum atomic E-state index is 13.4. The number of anilines is 2. The van der Waals surface area contributed by atoms with Gasteiger partial charge in [-0.15, -0.1) is 0 Å². The van der Waals surface area contributed by atoms with E-state index < -0.39 is 5.82 Å². The third-order valence-corrected chi connectivity index (χ3v) is 3.11. The highest BCUT2D eigenvalue weighted by molar-refractivity contribution is 5.68. The fourth-order valence-electron chi connectivity index (χ4n) is 2.03. The van der Waals surface area contributed by atoms with Gasteiger partial charge >= 0.3 is 0 Å². The number of hydrogen-bond donors (Lipinski definition) is 2. The molecule has 3 N–H and O–H groups in total. The monoisotopic (exact) mass is 238 g/mol. The van der Waals surface area contributed by atoms with E-state index in [2.05, 4.69) is 12.2 Å². The molecule has 1 atom stereocenters. The molecule has 0 aliphatic heterocycles. The number of methoxy groups -OCH3 is 1. The molecular formula is C13H19FN2O. The molecule has 17 heavy (non-hydrogen) atoms. The van der Waals surface area contributed by atoms with Gasteiger partial charge in [-0.2, -0.15) is 0 Å². The molecule has 1 fully saturated rings. The Labute approximate surface area is 101 Å². The first-order valence-electron chi connectivity index (χ1n) is 5.99. The summed E-state index contributed by atoms with van der Waals surface area (Å²) in [6, 6.07) is 3.26. The van der Waals surface area contributed by atoms with Gasteiger partial charge in [-0.3, -0.25) is 0 Å². The number of hydrogen-bond acceptors (Lipinski definition) is 3. The van der Waals surface area contributed by atoms with Crippen molar-refractivity contribution >= 4 is 11.4 Å². The second-order valence-corrected chi connectivity index (χ2v) is 4.80. The molecule has 0 heterocycles. The van der Waals surface area contributed by atoms with Gasteiger partial charge in [0.15, 0.2) is 11.6 Å². The first-order valence-corrected chi connectivity index (χ1v) is 5.99. The maximum Gasteiger partial charge on any atom is 0.167 e. The van der Waals surface area contributed by atoms with Gasteiger partial charge < -0.3 is 15.8 Å². The smallest absolute Gasteiger partial charge is 0.167 e. The molecule has 1 unspecified atom stereocenters. The quantitative estimate of drug-likeness (QED) is 0.775. The molecule has 1 aromatic rings. The first kappa shape index (κ1) is 12.0. The summed E-state index contributed by atoms with van der Waals surface area (Å²) >= 11 is 0. The normalized spacial score (nSPS) is 16.6. The zero-order valence-electron chi connectivity index (χ0n) is 10.3. The SMILES string of the molecule is COc1cc(NC(C)CC2CC2)c(N)cc1F. The second-order valence-electron chi connectivity index (χ2n) is 4.80. The van der Waals surface area contributed by atoms with E-state index in [9.17, 15) is 4.39 Å². The molecule has 2 rings (SSSR count). The van der Waals surface area contributed by atoms with Gasteiger partial charge in [0.1, 0.15) is 0 Å². The minimum Gasteiger partial charge on any atom is -0.494 e. The third-order valence-electron chi connectivity index (χ3n) is 3.11. The van der Waals surface area contributed by atoms with Crippen LogP contribution < -0.4 is 15.8 Å². The summed E-state index contributed by atoms with van der Waals surface area (Å²) in [6.07, 6.45) is 3.79. The molecule has 3 nitrogen and oxygen atoms in total. The van der Waals surface area contributed by atoms with E-state index in [1.807, 2.05) is 0 Å². The Kier molecular flexibility index (Phi) is 3.41. The summed E-state index contributed by atoms with van der Waals surface area (Å²) in [4.78, 5) is 0. The van der Waals surface area contributed by atoms with Crippen LogP contribution in [0.2, 0.25) is 0 Å². The Balaban J connectivity index is 2.07. The summed E-state index contributed by atoms with van der Waals surface area (Å²) in [5.41, 5.74) is 6.95. The zero-order chi connectivity index (χ0) is 12.4. The fraction of sp³-hybridized carbons (Fsp3) is 0.538. The fourth-order valence-corrected chi connectivity index (χ4v) is 2.03. The number of nitrogen functional groups attached to an aromatic ring is 1. The molecule has 0 spiro atoms. The third kappa shape index (κ3) is 3.02. The predicted octanol–water partition coefficient (Wildman–Crippen LogP) is 3.02. The van der Waals surface area contributed by atoms with Crippen LogP contribution in [0.4, 0.5) is 15.8 Å². The Morgan fingerprint density at radius 1 is 1.53 bits per heavy atom. The largest absolute Gasteiger partial charge is 0.494 e. The molecule has 94 valence electrons. The van der Waals surface area contributed by atoms with Crippen molar-refractivity contribution in [2.75, 3.05) is 18.2 Å². The minimum absolute atomic E-state index is 0.223. The summed E-state index contributed by atoms with van der Waals surface area (Å²) in [7, 11) is 1.45. The number of benzene rings is 1. The highest BCUT2D eigenvalue weighted by Crippen LogP contribution is 2.35. The van der Waals surface area contributed by atoms with Crippen molar-refractivity contribution in [3.8, 4) is 5.75 Å². The van der Waals surface area contributed by atoms with Crippen molar-refractivity contribution in [1.82, 2.24) is 0 Å². The van der Waals surface area contributed by atoms with Gasteiger partial charge in [0.2, 0.25) is 0 Å². The molecule has 1 aromatic carbocycles. The lowest BCUT2D eigenvalue weighted by atomic mass is 10.1. The van der Waals surface area contributed by atoms with E-state index >= 15 is 0 Å². The van der Waals surface area contributed by atoms with E-state index in [1.165, 1.54) is 26.0 Å². The van der Waals surface area contributed by atoms with Gasteiger partial charge in [-0.05, 0) is 19.3 Å². The maximum absolute atomic E-state index is 13.4. The number of nitrogens with one attached hydrogen (secondary N) is 1. The Hall–Kier alpha value is -1.45. The van der Waals surface area contributed by atoms with Crippen LogP contribution in [0, 0.1) is 11.7 Å². The predicted molar refractivity (Wildman–Crippen MR) is 67.8 cm³/mol. The molecule has 4 heteroatoms. The summed E-state index contributed by atoms with van der Waals surface area (Å²) in [5.74, 6) is 0.645. The van der Waals surface area contributed by atoms with Gasteiger partial charge in [-0.1, -0.05) is 12.8 Å². The molecule has 0 aromatic heterocycles. The number of ether oxygens (including phenoxy) is 1. The molecule has 1 saturated carbocycles. The number of halogens is 1. The molecule has 0 radical (unpaired) electrons. The summed E-state index contributed by atoms with van der Waals surface area (Å²) < 4.78 is 18.3. The van der Waals surface area contributed by atoms with Crippen molar-refractivity contribution in [3.05, 3.63) is 17.9 Å². The van der Waals surface area contributed by atoms with E-state index in [4.69, 9.17) is 10.5 Å². The van der Waals surface area contributed by atoms with Crippen molar-refractivity contribution in [2.24, 2.45) is 5.92 Å². The lowest BCUT2D eigenvalue weighted by Gasteiger charge is -2.17. The summed E-state index contributed by atoms with van der Waals surface area (Å²) in [6.45, 7) is 2.12. The van der Waals surface area contributed by atoms with Crippen LogP contribution in [-0.2, 0) is 0 Å². The van der Waals surface area contributed by atoms with Crippen LogP contribution in [0.15, 0.2) is 12.1 Å². The van der Waals surface area contributed by atoms with Crippen molar-refractivity contribution in [1.29, 1.82) is 0 Å². The molecule has 0 saturated heterocycles. The average molecular weight is 238 g/mol. The zero-order valence-corrected chi connectivity index (χ0v) is 10.3. The highest BCUT2D eigenvalue weighted by Gasteiger charge is 2.23. The topological polar surface area (TPSA) is 47.3 Å². The van der Waals surface area contributed by atoms with Crippen molar-refractivity contribution in [3.63, 3.8) is 0 Å². The Bertz CT molecular complexity index is 405. The van der Waals surface area contributed by atoms with Gasteiger partial charge in [-0.25, -0.2) is 4.39 Å². The van der Waals surface area contributed by atoms with E-state index in [0.29, 0.717) is 11.7 Å². The van der Waals surface area contributed by atoms with Crippen LogP contribution in [0.3, 0.4) is 0 Å². The van der Waals surface area contributed by atoms with E-state index in [-0.39, 0.29) is 5.75 Å². The lowest BCUT2D eigenvalue weighted by Crippen LogP contribution is -2.17. The van der Waals surface area contributed by atoms with Crippen molar-refractivity contribution < 1.29 is 9.13 Å². The van der Waals surface area contributed by atoms with Crippen LogP contribution in [0.25, 0.3) is 0 Å². The van der Waals surface area contributed by atoms with Crippen LogP contribution in [0.5, 0.6) is 5.75 Å². The molecule has 0 bridgehead atoms. The lowest BCUT2D eigenvalue weighted by molar-refractivity contribution is 0.387. The standard InChI is InChI=1S/C13H19FN2O/c1-8(5-9-3-4-9)16-12-7-13(17-2)10(14)6-11(12)15/h6-9,16H,3-5,15H2,1-2H3. The highest BCUT2D eigenvalue weighted by atomic mass is 19.1. The molecular weight excluding hydrogens is 219 g/mol. The second kappa shape index (κ2) is 4.82. The molecule has 1 aliphatic rings. The first-order chi connectivity index (χ1) is 8.10. The van der Waals surface area contributed by atoms with Crippen LogP contribution in [-0.4, -0.2) is 13.2 Å². The molecule has 1 aliphatic carbocycles. The van der Waals surface area contributed by atoms with Crippen LogP contribution >= 0.6 is 0 Å². The van der Waals surface area contributed by atoms with Gasteiger partial charge in [0.05, 0.1) is 18.5 Å². The molecule has 0 amide bonds. The van der Waals surface area contributed by atoms with E-state index in [1.54, 1.807) is 6.07 Å². The van der Waals surface area contributed by atoms with Gasteiger partial charge in [0.25, 0.3) is 0 Å². The average Bonchev–Trinajstić information content (AvgIpc) is 3.06. The van der Waals surface area contributed by atoms with E-state index in [0.717, 1.165) is 18.0 Å². The van der Waals surface area contributed by atoms with Gasteiger partial charge in [0, 0.05) is 18.2 Å². The summed E-state index contributed by atoms with van der Waals surface area (Å²) in [5, 5.41) is 3.31. The Morgan fingerprint density at radius 2 is 2.24 bits per heavy atom. The number of rotatable bonds is 5. The van der Waals surface area contributed by atoms with Crippen molar-refractivity contribution in [2.45, 2.75) is 32.2 Å². The van der Waals surface area contributed by atoms with Crippen LogP contribution in [0.1, 0.15) is 26.2 Å². The minimum atomic E-state index is -0.426. The number of nitrogens with two attached hydrogens (primary N) is 1.